The molecule has 14 nitrogen and oxygen atoms in total. The molecule has 0 aromatic rings. The molecule has 1 amide bonds. The second-order valence-corrected chi connectivity index (χ2v) is 15.5. The highest BCUT2D eigenvalue weighted by molar-refractivity contribution is 5.78. The van der Waals surface area contributed by atoms with Crippen molar-refractivity contribution in [3.05, 3.63) is 0 Å². The molecule has 0 aromatic heterocycles. The highest BCUT2D eigenvalue weighted by atomic mass is 16.6. The summed E-state index contributed by atoms with van der Waals surface area (Å²) in [4.78, 5) is 59.6. The predicted octanol–water partition coefficient (Wildman–Crippen LogP) is 0.678. The van der Waals surface area contributed by atoms with Crippen LogP contribution in [-0.4, -0.2) is 165 Å². The highest BCUT2D eigenvalue weighted by Gasteiger charge is 2.26. The van der Waals surface area contributed by atoms with E-state index in [0.717, 1.165) is 25.9 Å². The molecule has 0 radical (unpaired) electrons. The van der Waals surface area contributed by atoms with E-state index in [1.165, 1.54) is 0 Å². The van der Waals surface area contributed by atoms with Crippen molar-refractivity contribution in [1.82, 2.24) is 30.2 Å². The Bertz CT molecular complexity index is 930. The van der Waals surface area contributed by atoms with Crippen LogP contribution in [-0.2, 0) is 33.4 Å². The van der Waals surface area contributed by atoms with Gasteiger partial charge in [0.15, 0.2) is 0 Å². The highest BCUT2D eigenvalue weighted by Crippen LogP contribution is 2.11. The van der Waals surface area contributed by atoms with E-state index in [1.807, 2.05) is 77.0 Å². The van der Waals surface area contributed by atoms with Crippen LogP contribution >= 0.6 is 0 Å². The Hall–Kier alpha value is -2.36. The Morgan fingerprint density at radius 2 is 0.833 bits per heavy atom. The molecule has 0 aliphatic carbocycles. The third-order valence-corrected chi connectivity index (χ3v) is 7.03. The Labute approximate surface area is 289 Å². The van der Waals surface area contributed by atoms with Crippen molar-refractivity contribution in [2.24, 2.45) is 5.73 Å². The third-order valence-electron chi connectivity index (χ3n) is 7.03. The summed E-state index contributed by atoms with van der Waals surface area (Å²) in [6.07, 6.45) is 1.72. The van der Waals surface area contributed by atoms with Gasteiger partial charge in [-0.15, -0.1) is 0 Å². The maximum Gasteiger partial charge on any atom is 0.320 e. The molecule has 0 bridgehead atoms. The van der Waals surface area contributed by atoms with Crippen LogP contribution in [0.2, 0.25) is 0 Å². The summed E-state index contributed by atoms with van der Waals surface area (Å²) in [6, 6.07) is 0. The molecule has 4 N–H and O–H groups in total. The molecular weight excluding hydrogens is 618 g/mol. The van der Waals surface area contributed by atoms with Crippen LogP contribution in [0, 0.1) is 0 Å². The van der Waals surface area contributed by atoms with Gasteiger partial charge in [-0.05, 0) is 94.8 Å². The third kappa shape index (κ3) is 23.9. The van der Waals surface area contributed by atoms with E-state index in [4.69, 9.17) is 19.9 Å². The molecule has 280 valence electrons. The van der Waals surface area contributed by atoms with E-state index in [-0.39, 0.29) is 50.0 Å². The fourth-order valence-corrected chi connectivity index (χ4v) is 4.93. The monoisotopic (exact) mass is 686 g/mol. The number of amides is 1. The number of nitrogens with two attached hydrogens (primary N) is 1. The summed E-state index contributed by atoms with van der Waals surface area (Å²) in [7, 11) is 0. The summed E-state index contributed by atoms with van der Waals surface area (Å²) >= 11 is 0. The van der Waals surface area contributed by atoms with E-state index in [2.05, 4.69) is 15.5 Å². The second kappa shape index (κ2) is 21.7. The molecule has 1 fully saturated rings. The average Bonchev–Trinajstić information content (AvgIpc) is 2.90. The van der Waals surface area contributed by atoms with Crippen molar-refractivity contribution in [3.8, 4) is 0 Å². The fraction of sp³-hybridized carbons (Fsp3) is 0.882. The van der Waals surface area contributed by atoms with Crippen molar-refractivity contribution in [1.29, 1.82) is 0 Å². The molecule has 0 atom stereocenters. The Morgan fingerprint density at radius 3 is 1.15 bits per heavy atom. The quantitative estimate of drug-likeness (QED) is 0.126. The van der Waals surface area contributed by atoms with Gasteiger partial charge < -0.3 is 30.6 Å². The number of carbonyl (C=O) groups excluding carboxylic acids is 4. The van der Waals surface area contributed by atoms with E-state index in [0.29, 0.717) is 65.4 Å². The fourth-order valence-electron chi connectivity index (χ4n) is 4.93. The number of esters is 3. The predicted molar refractivity (Wildman–Crippen MR) is 187 cm³/mol. The van der Waals surface area contributed by atoms with Crippen LogP contribution in [0.3, 0.4) is 0 Å². The van der Waals surface area contributed by atoms with Crippen molar-refractivity contribution >= 4 is 23.8 Å². The SMILES string of the molecule is CC(C)(C)OC(=O)CN1CCN(CC(=O)NCCCNCCCN)CCN(CC(=O)OC(C)(C)C)CCN(CC(=O)OC(C)(C)C)CC1. The number of hydrogen-bond acceptors (Lipinski definition) is 13. The van der Waals surface area contributed by atoms with Crippen molar-refractivity contribution < 1.29 is 33.4 Å². The van der Waals surface area contributed by atoms with Gasteiger partial charge in [0.1, 0.15) is 16.8 Å². The summed E-state index contributed by atoms with van der Waals surface area (Å²) in [5.41, 5.74) is 3.68. The molecule has 0 spiro atoms. The van der Waals surface area contributed by atoms with E-state index >= 15 is 0 Å². The molecule has 1 aliphatic heterocycles. The first kappa shape index (κ1) is 43.7. The van der Waals surface area contributed by atoms with Gasteiger partial charge in [0.2, 0.25) is 5.91 Å². The minimum Gasteiger partial charge on any atom is -0.459 e. The van der Waals surface area contributed by atoms with E-state index in [1.54, 1.807) is 0 Å². The largest absolute Gasteiger partial charge is 0.459 e. The van der Waals surface area contributed by atoms with Crippen LogP contribution in [0.4, 0.5) is 0 Å². The summed E-state index contributed by atoms with van der Waals surface area (Å²) in [5, 5.41) is 6.33. The van der Waals surface area contributed by atoms with Gasteiger partial charge >= 0.3 is 17.9 Å². The van der Waals surface area contributed by atoms with Gasteiger partial charge in [0, 0.05) is 58.9 Å². The van der Waals surface area contributed by atoms with Gasteiger partial charge in [-0.3, -0.25) is 38.8 Å². The summed E-state index contributed by atoms with van der Waals surface area (Å²) in [6.45, 7) is 23.8. The topological polar surface area (TPSA) is 159 Å². The minimum absolute atomic E-state index is 0.0761. The molecular formula is C34H67N7O7. The number of nitrogens with zero attached hydrogens (tertiary/aromatic N) is 4. The van der Waals surface area contributed by atoms with E-state index < -0.39 is 16.8 Å². The lowest BCUT2D eigenvalue weighted by Crippen LogP contribution is -2.50. The maximum absolute atomic E-state index is 13.0. The van der Waals surface area contributed by atoms with Crippen molar-refractivity contribution in [2.45, 2.75) is 92.0 Å². The Kier molecular flexibility index (Phi) is 19.7. The van der Waals surface area contributed by atoms with Crippen molar-refractivity contribution in [3.63, 3.8) is 0 Å². The Balaban J connectivity index is 3.11. The first-order chi connectivity index (χ1) is 22.2. The van der Waals surface area contributed by atoms with Gasteiger partial charge in [-0.1, -0.05) is 0 Å². The van der Waals surface area contributed by atoms with Gasteiger partial charge in [-0.25, -0.2) is 0 Å². The number of carbonyl (C=O) groups is 4. The molecule has 0 aromatic carbocycles. The number of hydrogen-bond donors (Lipinski definition) is 3. The first-order valence-electron chi connectivity index (χ1n) is 17.5. The molecule has 0 saturated carbocycles. The zero-order valence-corrected chi connectivity index (χ0v) is 31.5. The summed E-state index contributed by atoms with van der Waals surface area (Å²) in [5.74, 6) is -1.08. The second-order valence-electron chi connectivity index (χ2n) is 15.5. The van der Waals surface area contributed by atoms with Gasteiger partial charge in [0.05, 0.1) is 26.2 Å². The number of ether oxygens (including phenoxy) is 3. The molecule has 14 heteroatoms. The molecule has 0 unspecified atom stereocenters. The maximum atomic E-state index is 13.0. The lowest BCUT2D eigenvalue weighted by Gasteiger charge is -2.34. The lowest BCUT2D eigenvalue weighted by atomic mass is 10.2. The number of rotatable bonds is 15. The zero-order chi connectivity index (χ0) is 36.4. The molecule has 1 aliphatic rings. The van der Waals surface area contributed by atoms with Gasteiger partial charge in [0.25, 0.3) is 0 Å². The average molecular weight is 686 g/mol. The molecule has 1 heterocycles. The van der Waals surface area contributed by atoms with Crippen LogP contribution in [0.25, 0.3) is 0 Å². The van der Waals surface area contributed by atoms with Crippen LogP contribution in [0.1, 0.15) is 75.2 Å². The number of nitrogens with one attached hydrogen (secondary N) is 2. The molecule has 1 saturated heterocycles. The van der Waals surface area contributed by atoms with Gasteiger partial charge in [-0.2, -0.15) is 0 Å². The van der Waals surface area contributed by atoms with Crippen LogP contribution < -0.4 is 16.4 Å². The summed E-state index contributed by atoms with van der Waals surface area (Å²) < 4.78 is 16.8. The normalized spacial score (nSPS) is 17.2. The Morgan fingerprint density at radius 1 is 0.521 bits per heavy atom. The molecule has 48 heavy (non-hydrogen) atoms. The van der Waals surface area contributed by atoms with Crippen LogP contribution in [0.5, 0.6) is 0 Å². The smallest absolute Gasteiger partial charge is 0.320 e. The lowest BCUT2D eigenvalue weighted by molar-refractivity contribution is -0.158. The minimum atomic E-state index is -0.619. The first-order valence-corrected chi connectivity index (χ1v) is 17.5. The van der Waals surface area contributed by atoms with Crippen LogP contribution in [0.15, 0.2) is 0 Å². The molecule has 1 rings (SSSR count). The van der Waals surface area contributed by atoms with Crippen molar-refractivity contribution in [2.75, 3.05) is 105 Å². The van der Waals surface area contributed by atoms with E-state index in [9.17, 15) is 19.2 Å². The zero-order valence-electron chi connectivity index (χ0n) is 31.5. The standard InChI is InChI=1S/C34H67N7O7/c1-32(2,3)46-29(43)25-39-18-16-38(24-28(42)37-15-11-14-36-13-10-12-35)17-19-40(26-30(44)47-33(4,5)6)21-23-41(22-20-39)27-31(45)48-34(7,8)9/h36H,10-27,35H2,1-9H3,(H,37,42).